The van der Waals surface area contributed by atoms with E-state index >= 15 is 0 Å². The number of fused-ring (bicyclic) bond motifs is 5. The second-order valence-electron chi connectivity index (χ2n) is 8.96. The van der Waals surface area contributed by atoms with Gasteiger partial charge in [0.2, 0.25) is 9.84 Å². The number of sulfone groups is 1. The van der Waals surface area contributed by atoms with Gasteiger partial charge in [0, 0.05) is 27.6 Å². The van der Waals surface area contributed by atoms with Crippen LogP contribution in [0.25, 0.3) is 38.6 Å². The lowest BCUT2D eigenvalue weighted by Crippen LogP contribution is -2.20. The van der Waals surface area contributed by atoms with E-state index in [0.29, 0.717) is 0 Å². The average Bonchev–Trinajstić information content (AvgIpc) is 3.26. The molecule has 172 valence electrons. The summed E-state index contributed by atoms with van der Waals surface area (Å²) in [7, 11) is -3.75. The number of carbonyl (C=O) groups is 1. The van der Waals surface area contributed by atoms with Gasteiger partial charge in [-0.2, -0.15) is 0 Å². The summed E-state index contributed by atoms with van der Waals surface area (Å²) in [6.45, 7) is 0. The van der Waals surface area contributed by atoms with Crippen molar-refractivity contribution in [3.63, 3.8) is 0 Å². The molecule has 5 aromatic carbocycles. The molecule has 0 unspecified atom stereocenters. The monoisotopic (exact) mass is 485 g/mol. The minimum atomic E-state index is -3.75. The first-order valence-electron chi connectivity index (χ1n) is 11.7. The largest absolute Gasteiger partial charge is 0.309 e. The molecular formula is C31H19NO3S. The maximum atomic E-state index is 13.3. The van der Waals surface area contributed by atoms with E-state index in [4.69, 9.17) is 0 Å². The van der Waals surface area contributed by atoms with E-state index < -0.39 is 9.84 Å². The fraction of sp³-hybridized carbons (Fsp3) is 0. The minimum Gasteiger partial charge on any atom is -0.309 e. The van der Waals surface area contributed by atoms with Crippen molar-refractivity contribution in [2.45, 2.75) is 9.79 Å². The van der Waals surface area contributed by atoms with Gasteiger partial charge in [-0.3, -0.25) is 4.79 Å². The van der Waals surface area contributed by atoms with Crippen molar-refractivity contribution >= 4 is 37.4 Å². The van der Waals surface area contributed by atoms with Gasteiger partial charge in [-0.25, -0.2) is 8.42 Å². The van der Waals surface area contributed by atoms with Crippen LogP contribution in [0, 0.1) is 0 Å². The summed E-state index contributed by atoms with van der Waals surface area (Å²) in [6.07, 6.45) is 0. The second kappa shape index (κ2) is 7.51. The van der Waals surface area contributed by atoms with Crippen molar-refractivity contribution < 1.29 is 13.2 Å². The molecule has 0 spiro atoms. The lowest BCUT2D eigenvalue weighted by Gasteiger charge is -2.19. The number of hydrogen-bond donors (Lipinski definition) is 0. The zero-order chi connectivity index (χ0) is 24.4. The van der Waals surface area contributed by atoms with Crippen LogP contribution < -0.4 is 0 Å². The fourth-order valence-electron chi connectivity index (χ4n) is 5.28. The van der Waals surface area contributed by atoms with Crippen molar-refractivity contribution in [2.75, 3.05) is 0 Å². The number of nitrogens with zero attached hydrogens (tertiary/aromatic N) is 1. The quantitative estimate of drug-likeness (QED) is 0.270. The van der Waals surface area contributed by atoms with Gasteiger partial charge in [-0.15, -0.1) is 0 Å². The summed E-state index contributed by atoms with van der Waals surface area (Å²) in [6, 6.07) is 36.2. The molecule has 0 radical (unpaired) electrons. The Morgan fingerprint density at radius 1 is 0.528 bits per heavy atom. The van der Waals surface area contributed by atoms with Gasteiger partial charge in [-0.05, 0) is 65.7 Å². The molecule has 0 aliphatic carbocycles. The van der Waals surface area contributed by atoms with Crippen LogP contribution in [0.1, 0.15) is 15.9 Å². The fourth-order valence-corrected chi connectivity index (χ4v) is 6.91. The molecule has 0 bridgehead atoms. The molecule has 36 heavy (non-hydrogen) atoms. The van der Waals surface area contributed by atoms with E-state index in [1.165, 1.54) is 6.07 Å². The van der Waals surface area contributed by atoms with Crippen LogP contribution in [0.5, 0.6) is 0 Å². The van der Waals surface area contributed by atoms with E-state index in [1.807, 2.05) is 36.4 Å². The maximum absolute atomic E-state index is 13.3. The molecule has 1 aromatic heterocycles. The molecule has 1 aliphatic rings. The Kier molecular flexibility index (Phi) is 4.35. The Morgan fingerprint density at radius 3 is 2.03 bits per heavy atom. The lowest BCUT2D eigenvalue weighted by atomic mass is 9.96. The lowest BCUT2D eigenvalue weighted by molar-refractivity contribution is 0.103. The number of para-hydroxylation sites is 2. The highest BCUT2D eigenvalue weighted by atomic mass is 32.2. The molecule has 5 heteroatoms. The second-order valence-corrected chi connectivity index (χ2v) is 10.8. The predicted molar refractivity (Wildman–Crippen MR) is 142 cm³/mol. The SMILES string of the molecule is O=C1c2ccccc2S(=O)(=O)c2ccc(-c3ccc4c(c3)c3ccccc3n4-c3ccccc3)cc21. The third-order valence-corrected chi connectivity index (χ3v) is 8.83. The number of benzene rings is 5. The Morgan fingerprint density at radius 2 is 1.17 bits per heavy atom. The molecule has 7 rings (SSSR count). The average molecular weight is 486 g/mol. The first-order valence-corrected chi connectivity index (χ1v) is 13.1. The van der Waals surface area contributed by atoms with Crippen LogP contribution >= 0.6 is 0 Å². The highest BCUT2D eigenvalue weighted by Crippen LogP contribution is 2.38. The Labute approximate surface area is 208 Å². The number of ketones is 1. The molecule has 0 saturated heterocycles. The third-order valence-electron chi connectivity index (χ3n) is 6.96. The smallest absolute Gasteiger partial charge is 0.208 e. The summed E-state index contributed by atoms with van der Waals surface area (Å²) < 4.78 is 28.6. The molecule has 4 nitrogen and oxygen atoms in total. The number of hydrogen-bond acceptors (Lipinski definition) is 3. The highest BCUT2D eigenvalue weighted by Gasteiger charge is 2.34. The van der Waals surface area contributed by atoms with Gasteiger partial charge < -0.3 is 4.57 Å². The Hall–Kier alpha value is -4.48. The summed E-state index contributed by atoms with van der Waals surface area (Å²) in [4.78, 5) is 13.4. The molecule has 1 aliphatic heterocycles. The highest BCUT2D eigenvalue weighted by molar-refractivity contribution is 7.91. The number of rotatable bonds is 2. The summed E-state index contributed by atoms with van der Waals surface area (Å²) in [5.41, 5.74) is 5.44. The summed E-state index contributed by atoms with van der Waals surface area (Å²) in [5, 5.41) is 2.22. The molecule has 0 N–H and O–H groups in total. The number of carbonyl (C=O) groups excluding carboxylic acids is 1. The van der Waals surface area contributed by atoms with Gasteiger partial charge in [-0.1, -0.05) is 60.7 Å². The molecular weight excluding hydrogens is 466 g/mol. The first kappa shape index (κ1) is 20.9. The van der Waals surface area contributed by atoms with Gasteiger partial charge >= 0.3 is 0 Å². The van der Waals surface area contributed by atoms with Crippen LogP contribution in [-0.4, -0.2) is 18.8 Å². The standard InChI is InChI=1S/C31H19NO3S/c33-31-24-11-5-7-13-29(24)36(34,35)30-17-15-21(19-26(30)31)20-14-16-28-25(18-20)23-10-4-6-12-27(23)32(28)22-8-2-1-3-9-22/h1-19H. The van der Waals surface area contributed by atoms with Crippen molar-refractivity contribution in [2.24, 2.45) is 0 Å². The van der Waals surface area contributed by atoms with E-state index in [1.54, 1.807) is 36.4 Å². The molecule has 0 amide bonds. The van der Waals surface area contributed by atoms with Crippen molar-refractivity contribution in [1.82, 2.24) is 4.57 Å². The molecule has 0 fully saturated rings. The third kappa shape index (κ3) is 2.87. The van der Waals surface area contributed by atoms with Crippen LogP contribution in [0.3, 0.4) is 0 Å². The summed E-state index contributed by atoms with van der Waals surface area (Å²) >= 11 is 0. The maximum Gasteiger partial charge on any atom is 0.208 e. The summed E-state index contributed by atoms with van der Waals surface area (Å²) in [5.74, 6) is -0.265. The Bertz CT molecular complexity index is 1970. The molecule has 2 heterocycles. The molecule has 6 aromatic rings. The van der Waals surface area contributed by atoms with Gasteiger partial charge in [0.15, 0.2) is 5.78 Å². The van der Waals surface area contributed by atoms with E-state index in [0.717, 1.165) is 38.6 Å². The normalized spacial score (nSPS) is 14.1. The van der Waals surface area contributed by atoms with Crippen LogP contribution in [0.4, 0.5) is 0 Å². The van der Waals surface area contributed by atoms with Crippen molar-refractivity contribution in [3.8, 4) is 16.8 Å². The molecule has 0 atom stereocenters. The van der Waals surface area contributed by atoms with Crippen molar-refractivity contribution in [1.29, 1.82) is 0 Å². The number of aromatic nitrogens is 1. The van der Waals surface area contributed by atoms with Crippen LogP contribution in [-0.2, 0) is 9.84 Å². The van der Waals surface area contributed by atoms with Crippen LogP contribution in [0.15, 0.2) is 125 Å². The molecule has 0 saturated carbocycles. The van der Waals surface area contributed by atoms with E-state index in [9.17, 15) is 13.2 Å². The van der Waals surface area contributed by atoms with Gasteiger partial charge in [0.1, 0.15) is 0 Å². The Balaban J connectivity index is 1.44. The minimum absolute atomic E-state index is 0.0664. The van der Waals surface area contributed by atoms with E-state index in [-0.39, 0.29) is 26.7 Å². The van der Waals surface area contributed by atoms with Crippen LogP contribution in [0.2, 0.25) is 0 Å². The van der Waals surface area contributed by atoms with E-state index in [2.05, 4.69) is 41.0 Å². The zero-order valence-electron chi connectivity index (χ0n) is 19.0. The van der Waals surface area contributed by atoms with Gasteiger partial charge in [0.05, 0.1) is 20.8 Å². The van der Waals surface area contributed by atoms with Gasteiger partial charge in [0.25, 0.3) is 0 Å². The zero-order valence-corrected chi connectivity index (χ0v) is 19.9. The topological polar surface area (TPSA) is 56.1 Å². The van der Waals surface area contributed by atoms with Crippen molar-refractivity contribution in [3.05, 3.63) is 126 Å². The first-order chi connectivity index (χ1) is 17.5. The predicted octanol–water partition coefficient (Wildman–Crippen LogP) is 6.83.